The van der Waals surface area contributed by atoms with Crippen molar-refractivity contribution < 1.29 is 18.7 Å². The van der Waals surface area contributed by atoms with Crippen molar-refractivity contribution in [1.29, 1.82) is 0 Å². The van der Waals surface area contributed by atoms with Gasteiger partial charge in [0.05, 0.1) is 11.3 Å². The van der Waals surface area contributed by atoms with E-state index in [4.69, 9.17) is 13.9 Å². The second kappa shape index (κ2) is 7.26. The summed E-state index contributed by atoms with van der Waals surface area (Å²) in [7, 11) is -3.59. The Labute approximate surface area is 119 Å². The minimum atomic E-state index is -1.86. The Bertz CT molecular complexity index is 338. The Morgan fingerprint density at radius 3 is 1.89 bits per heavy atom. The molecule has 112 valence electrons. The van der Waals surface area contributed by atoms with Gasteiger partial charge < -0.3 is 9.31 Å². The zero-order valence-corrected chi connectivity index (χ0v) is 15.5. The van der Waals surface area contributed by atoms with Gasteiger partial charge in [-0.25, -0.2) is 9.37 Å². The summed E-state index contributed by atoms with van der Waals surface area (Å²) in [6.07, 6.45) is 1.68. The second-order valence-electron chi connectivity index (χ2n) is 6.58. The average Bonchev–Trinajstić information content (AvgIpc) is 2.21. The van der Waals surface area contributed by atoms with Crippen LogP contribution in [-0.4, -0.2) is 22.6 Å². The van der Waals surface area contributed by atoms with E-state index >= 15 is 0 Å². The molecule has 0 saturated carbocycles. The number of rotatable bonds is 7. The lowest BCUT2D eigenvalue weighted by Crippen LogP contribution is -2.29. The molecule has 0 aromatic heterocycles. The number of carbonyl (C=O) groups excluding carboxylic acids is 1. The monoisotopic (exact) mass is 304 g/mol. The third kappa shape index (κ3) is 9.01. The minimum Gasteiger partial charge on any atom is -0.547 e. The van der Waals surface area contributed by atoms with Gasteiger partial charge in [-0.05, 0) is 52.6 Å². The lowest BCUT2D eigenvalue weighted by atomic mass is 10.2. The van der Waals surface area contributed by atoms with Crippen LogP contribution < -0.4 is 0 Å². The molecule has 4 nitrogen and oxygen atoms in total. The fourth-order valence-electron chi connectivity index (χ4n) is 1.25. The first-order chi connectivity index (χ1) is 8.46. The average molecular weight is 305 g/mol. The molecule has 0 aromatic rings. The number of hydrogen-bond acceptors (Lipinski definition) is 4. The largest absolute Gasteiger partial charge is 0.547 e. The topological polar surface area (TPSA) is 44.8 Å². The molecule has 0 fully saturated rings. The summed E-state index contributed by atoms with van der Waals surface area (Å²) in [6.45, 7) is 16.0. The molecule has 0 amide bonds. The van der Waals surface area contributed by atoms with Crippen LogP contribution in [0.5, 0.6) is 0 Å². The molecule has 0 spiro atoms. The van der Waals surface area contributed by atoms with Crippen LogP contribution in [0.1, 0.15) is 26.7 Å². The van der Waals surface area contributed by atoms with Crippen LogP contribution >= 0.6 is 0 Å². The van der Waals surface area contributed by atoms with Gasteiger partial charge in [-0.2, -0.15) is 0 Å². The van der Waals surface area contributed by atoms with Gasteiger partial charge in [0.15, 0.2) is 0 Å². The van der Waals surface area contributed by atoms with Gasteiger partial charge in [0.1, 0.15) is 0 Å². The van der Waals surface area contributed by atoms with Crippen LogP contribution in [0, 0.1) is 0 Å². The van der Waals surface area contributed by atoms with Gasteiger partial charge in [0.25, 0.3) is 0 Å². The maximum absolute atomic E-state index is 11.9. The summed E-state index contributed by atoms with van der Waals surface area (Å²) in [5.41, 5.74) is 0.516. The molecular weight excluding hydrogens is 276 g/mol. The Balaban J connectivity index is 4.86. The molecule has 0 aliphatic carbocycles. The van der Waals surface area contributed by atoms with E-state index in [1.807, 2.05) is 19.6 Å². The SMILES string of the molecule is CCCC(O[Si](C)(C)C)=C(C)C(=O)OO[Si](C)(C)C. The zero-order valence-electron chi connectivity index (χ0n) is 13.5. The molecule has 0 aromatic carbocycles. The summed E-state index contributed by atoms with van der Waals surface area (Å²) in [6, 6.07) is 0. The summed E-state index contributed by atoms with van der Waals surface area (Å²) in [4.78, 5) is 16.9. The molecule has 0 aliphatic rings. The van der Waals surface area contributed by atoms with Gasteiger partial charge in [0.2, 0.25) is 16.6 Å². The molecule has 0 N–H and O–H groups in total. The van der Waals surface area contributed by atoms with Crippen LogP contribution in [0.3, 0.4) is 0 Å². The Kier molecular flexibility index (Phi) is 7.03. The van der Waals surface area contributed by atoms with Crippen LogP contribution in [0.25, 0.3) is 0 Å². The van der Waals surface area contributed by atoms with E-state index in [0.29, 0.717) is 5.57 Å². The molecular formula is C13H28O4Si2. The quantitative estimate of drug-likeness (QED) is 0.232. The van der Waals surface area contributed by atoms with Crippen LogP contribution in [0.15, 0.2) is 11.3 Å². The molecule has 0 saturated heterocycles. The van der Waals surface area contributed by atoms with Crippen molar-refractivity contribution in [3.63, 3.8) is 0 Å². The molecule has 19 heavy (non-hydrogen) atoms. The predicted molar refractivity (Wildman–Crippen MR) is 82.6 cm³/mol. The fraction of sp³-hybridized carbons (Fsp3) is 0.769. The maximum Gasteiger partial charge on any atom is 0.370 e. The van der Waals surface area contributed by atoms with E-state index < -0.39 is 22.6 Å². The van der Waals surface area contributed by atoms with E-state index in [0.717, 1.165) is 18.6 Å². The van der Waals surface area contributed by atoms with Crippen LogP contribution in [0.4, 0.5) is 0 Å². The molecule has 0 radical (unpaired) electrons. The van der Waals surface area contributed by atoms with E-state index in [1.165, 1.54) is 0 Å². The zero-order chi connectivity index (χ0) is 15.3. The van der Waals surface area contributed by atoms with Crippen molar-refractivity contribution in [2.24, 2.45) is 0 Å². The molecule has 0 atom stereocenters. The lowest BCUT2D eigenvalue weighted by molar-refractivity contribution is -0.214. The molecule has 0 unspecified atom stereocenters. The first kappa shape index (κ1) is 18.4. The van der Waals surface area contributed by atoms with Gasteiger partial charge >= 0.3 is 5.97 Å². The summed E-state index contributed by atoms with van der Waals surface area (Å²) < 4.78 is 11.1. The highest BCUT2D eigenvalue weighted by Gasteiger charge is 2.24. The van der Waals surface area contributed by atoms with Crippen molar-refractivity contribution in [3.05, 3.63) is 11.3 Å². The standard InChI is InChI=1S/C13H28O4Si2/c1-9-10-12(16-18(3,4)5)11(2)13(14)15-17-19(6,7)8/h9-10H2,1-8H3. The fourth-order valence-corrected chi connectivity index (χ4v) is 2.57. The second-order valence-corrected chi connectivity index (χ2v) is 15.4. The van der Waals surface area contributed by atoms with Crippen molar-refractivity contribution in [1.82, 2.24) is 0 Å². The highest BCUT2D eigenvalue weighted by molar-refractivity contribution is 6.70. The predicted octanol–water partition coefficient (Wildman–Crippen LogP) is 4.22. The molecule has 0 bridgehead atoms. The van der Waals surface area contributed by atoms with E-state index in [2.05, 4.69) is 26.6 Å². The van der Waals surface area contributed by atoms with Crippen molar-refractivity contribution >= 4 is 22.6 Å². The summed E-state index contributed by atoms with van der Waals surface area (Å²) in [5.74, 6) is 0.301. The normalized spacial score (nSPS) is 13.9. The minimum absolute atomic E-state index is 0.441. The Hall–Kier alpha value is -0.596. The molecule has 0 rings (SSSR count). The number of allylic oxidation sites excluding steroid dienone is 1. The van der Waals surface area contributed by atoms with E-state index in [-0.39, 0.29) is 0 Å². The number of carbonyl (C=O) groups is 1. The van der Waals surface area contributed by atoms with Gasteiger partial charge in [-0.3, -0.25) is 0 Å². The summed E-state index contributed by atoms with van der Waals surface area (Å²) >= 11 is 0. The van der Waals surface area contributed by atoms with Crippen molar-refractivity contribution in [2.45, 2.75) is 66.0 Å². The number of hydrogen-bond donors (Lipinski definition) is 0. The van der Waals surface area contributed by atoms with E-state index in [9.17, 15) is 4.79 Å². The molecule has 6 heteroatoms. The van der Waals surface area contributed by atoms with Gasteiger partial charge in [0, 0.05) is 6.42 Å². The third-order valence-corrected chi connectivity index (χ3v) is 3.44. The smallest absolute Gasteiger partial charge is 0.370 e. The Morgan fingerprint density at radius 2 is 1.53 bits per heavy atom. The highest BCUT2D eigenvalue weighted by atomic mass is 28.4. The highest BCUT2D eigenvalue weighted by Crippen LogP contribution is 2.20. The van der Waals surface area contributed by atoms with Crippen LogP contribution in [0.2, 0.25) is 39.3 Å². The first-order valence-electron chi connectivity index (χ1n) is 6.75. The van der Waals surface area contributed by atoms with Crippen LogP contribution in [-0.2, 0) is 18.7 Å². The van der Waals surface area contributed by atoms with Gasteiger partial charge in [-0.1, -0.05) is 6.92 Å². The first-order valence-corrected chi connectivity index (χ1v) is 13.6. The maximum atomic E-state index is 11.9. The van der Waals surface area contributed by atoms with Gasteiger partial charge in [-0.15, -0.1) is 0 Å². The third-order valence-electron chi connectivity index (χ3n) is 2.00. The van der Waals surface area contributed by atoms with E-state index in [1.54, 1.807) is 6.92 Å². The van der Waals surface area contributed by atoms with Crippen molar-refractivity contribution in [2.75, 3.05) is 0 Å². The molecule has 0 aliphatic heterocycles. The van der Waals surface area contributed by atoms with Crippen molar-refractivity contribution in [3.8, 4) is 0 Å². The lowest BCUT2D eigenvalue weighted by Gasteiger charge is -2.23. The summed E-state index contributed by atoms with van der Waals surface area (Å²) in [5, 5.41) is 0. The molecule has 0 heterocycles. The Morgan fingerprint density at radius 1 is 1.00 bits per heavy atom.